The van der Waals surface area contributed by atoms with Gasteiger partial charge in [-0.2, -0.15) is 4.31 Å². The lowest BCUT2D eigenvalue weighted by Crippen LogP contribution is -2.47. The van der Waals surface area contributed by atoms with E-state index in [1.54, 1.807) is 40.9 Å². The van der Waals surface area contributed by atoms with Crippen LogP contribution >= 0.6 is 34.3 Å². The molecule has 0 aliphatic carbocycles. The third kappa shape index (κ3) is 4.25. The van der Waals surface area contributed by atoms with Crippen LogP contribution in [0.1, 0.15) is 24.0 Å². The van der Waals surface area contributed by atoms with Crippen molar-refractivity contribution in [3.63, 3.8) is 0 Å². The Labute approximate surface area is 210 Å². The molecule has 1 amide bonds. The largest absolute Gasteiger partial charge is 0.282 e. The molecule has 1 saturated heterocycles. The molecule has 4 heterocycles. The molecule has 34 heavy (non-hydrogen) atoms. The van der Waals surface area contributed by atoms with Crippen molar-refractivity contribution in [3.05, 3.63) is 70.3 Å². The first-order valence-electron chi connectivity index (χ1n) is 10.7. The van der Waals surface area contributed by atoms with Gasteiger partial charge in [-0.3, -0.25) is 14.7 Å². The Hall–Kier alpha value is -2.37. The number of aromatic nitrogens is 2. The molecule has 1 fully saturated rings. The number of thiophene rings is 1. The van der Waals surface area contributed by atoms with E-state index >= 15 is 0 Å². The second kappa shape index (κ2) is 9.35. The molecule has 0 radical (unpaired) electrons. The van der Waals surface area contributed by atoms with E-state index in [0.29, 0.717) is 29.5 Å². The molecular formula is C23H21ClN4O3S3. The summed E-state index contributed by atoms with van der Waals surface area (Å²) in [4.78, 5) is 24.5. The van der Waals surface area contributed by atoms with Crippen molar-refractivity contribution in [2.75, 3.05) is 11.4 Å². The number of rotatable bonds is 6. The van der Waals surface area contributed by atoms with Crippen LogP contribution in [0.15, 0.2) is 58.4 Å². The normalized spacial score (nSPS) is 16.8. The molecule has 1 atom stereocenters. The number of hydrogen-bond acceptors (Lipinski definition) is 7. The van der Waals surface area contributed by atoms with Gasteiger partial charge in [0.25, 0.3) is 10.0 Å². The standard InChI is InChI=1S/C23H21ClN4O3S3/c1-15-8-9-17(24)21-20(15)26-23(33-21)27(14-16-5-2-10-25-13-16)22(29)18-6-3-11-28(18)34(30,31)19-7-4-12-32-19/h2,4-5,7-10,12-13,18H,3,6,11,14H2,1H3. The molecule has 5 rings (SSSR count). The maximum Gasteiger partial charge on any atom is 0.253 e. The number of benzene rings is 1. The summed E-state index contributed by atoms with van der Waals surface area (Å²) in [5.74, 6) is -0.297. The van der Waals surface area contributed by atoms with E-state index in [1.807, 2.05) is 25.1 Å². The van der Waals surface area contributed by atoms with E-state index in [4.69, 9.17) is 16.6 Å². The highest BCUT2D eigenvalue weighted by Gasteiger charge is 2.42. The Kier molecular flexibility index (Phi) is 6.43. The number of pyridine rings is 1. The van der Waals surface area contributed by atoms with Gasteiger partial charge in [0.15, 0.2) is 5.13 Å². The van der Waals surface area contributed by atoms with Gasteiger partial charge in [-0.1, -0.05) is 41.1 Å². The first kappa shape index (κ1) is 23.4. The maximum atomic E-state index is 14.0. The van der Waals surface area contributed by atoms with E-state index < -0.39 is 16.1 Å². The molecule has 1 aliphatic heterocycles. The third-order valence-electron chi connectivity index (χ3n) is 5.79. The van der Waals surface area contributed by atoms with Gasteiger partial charge in [-0.05, 0) is 54.5 Å². The van der Waals surface area contributed by atoms with Crippen molar-refractivity contribution in [3.8, 4) is 0 Å². The number of anilines is 1. The highest BCUT2D eigenvalue weighted by Crippen LogP contribution is 2.38. The topological polar surface area (TPSA) is 83.5 Å². The predicted molar refractivity (Wildman–Crippen MR) is 136 cm³/mol. The second-order valence-corrected chi connectivity index (χ2v) is 12.5. The average Bonchev–Trinajstić information content (AvgIpc) is 3.61. The van der Waals surface area contributed by atoms with Crippen LogP contribution < -0.4 is 4.90 Å². The van der Waals surface area contributed by atoms with Crippen molar-refractivity contribution in [2.45, 2.75) is 36.6 Å². The molecule has 176 valence electrons. The van der Waals surface area contributed by atoms with E-state index in [0.717, 1.165) is 32.7 Å². The van der Waals surface area contributed by atoms with E-state index in [1.165, 1.54) is 15.6 Å². The molecule has 0 bridgehead atoms. The first-order valence-corrected chi connectivity index (χ1v) is 14.2. The molecule has 0 N–H and O–H groups in total. The van der Waals surface area contributed by atoms with Crippen molar-refractivity contribution in [2.24, 2.45) is 0 Å². The monoisotopic (exact) mass is 532 g/mol. The number of halogens is 1. The fourth-order valence-electron chi connectivity index (χ4n) is 4.10. The molecule has 11 heteroatoms. The highest BCUT2D eigenvalue weighted by molar-refractivity contribution is 7.91. The van der Waals surface area contributed by atoms with E-state index in [2.05, 4.69) is 4.98 Å². The Balaban J connectivity index is 1.56. The van der Waals surface area contributed by atoms with Crippen molar-refractivity contribution >= 4 is 65.6 Å². The summed E-state index contributed by atoms with van der Waals surface area (Å²) < 4.78 is 28.9. The number of hydrogen-bond donors (Lipinski definition) is 0. The van der Waals surface area contributed by atoms with Crippen molar-refractivity contribution in [1.82, 2.24) is 14.3 Å². The number of nitrogens with zero attached hydrogens (tertiary/aromatic N) is 4. The van der Waals surface area contributed by atoms with Gasteiger partial charge in [0.2, 0.25) is 5.91 Å². The van der Waals surface area contributed by atoms with Crippen molar-refractivity contribution < 1.29 is 13.2 Å². The molecular weight excluding hydrogens is 512 g/mol. The van der Waals surface area contributed by atoms with Gasteiger partial charge in [0, 0.05) is 18.9 Å². The van der Waals surface area contributed by atoms with Gasteiger partial charge >= 0.3 is 0 Å². The number of aryl methyl sites for hydroxylation is 1. The second-order valence-electron chi connectivity index (χ2n) is 8.03. The minimum Gasteiger partial charge on any atom is -0.282 e. The summed E-state index contributed by atoms with van der Waals surface area (Å²) in [5, 5.41) is 2.78. The van der Waals surface area contributed by atoms with Gasteiger partial charge < -0.3 is 0 Å². The number of fused-ring (bicyclic) bond motifs is 1. The van der Waals surface area contributed by atoms with Gasteiger partial charge in [-0.15, -0.1) is 11.3 Å². The average molecular weight is 533 g/mol. The minimum atomic E-state index is -3.76. The Morgan fingerprint density at radius 2 is 2.12 bits per heavy atom. The zero-order valence-corrected chi connectivity index (χ0v) is 21.4. The lowest BCUT2D eigenvalue weighted by molar-refractivity contribution is -0.121. The first-order chi connectivity index (χ1) is 16.4. The number of thiazole rings is 1. The molecule has 1 aromatic carbocycles. The number of carbonyl (C=O) groups excluding carboxylic acids is 1. The fraction of sp³-hybridized carbons (Fsp3) is 0.261. The summed E-state index contributed by atoms with van der Waals surface area (Å²) in [6, 6.07) is 9.88. The van der Waals surface area contributed by atoms with Crippen molar-refractivity contribution in [1.29, 1.82) is 0 Å². The van der Waals surface area contributed by atoms with Crippen LogP contribution in [0.25, 0.3) is 10.2 Å². The van der Waals surface area contributed by atoms with E-state index in [9.17, 15) is 13.2 Å². The van der Waals surface area contributed by atoms with Crippen LogP contribution in [0.4, 0.5) is 5.13 Å². The zero-order valence-electron chi connectivity index (χ0n) is 18.2. The number of carbonyl (C=O) groups is 1. The van der Waals surface area contributed by atoms with Gasteiger partial charge in [0.1, 0.15) is 10.3 Å². The van der Waals surface area contributed by atoms with Crippen LogP contribution in [0, 0.1) is 6.92 Å². The lowest BCUT2D eigenvalue weighted by Gasteiger charge is -2.28. The quantitative estimate of drug-likeness (QED) is 0.345. The molecule has 3 aromatic heterocycles. The SMILES string of the molecule is Cc1ccc(Cl)c2sc(N(Cc3cccnc3)C(=O)C3CCCN3S(=O)(=O)c3cccs3)nc12. The summed E-state index contributed by atoms with van der Waals surface area (Å²) in [6.07, 6.45) is 4.44. The molecule has 4 aromatic rings. The maximum absolute atomic E-state index is 14.0. The summed E-state index contributed by atoms with van der Waals surface area (Å²) in [7, 11) is -3.76. The predicted octanol–water partition coefficient (Wildman–Crippen LogP) is 5.10. The summed E-state index contributed by atoms with van der Waals surface area (Å²) in [5.41, 5.74) is 2.52. The smallest absolute Gasteiger partial charge is 0.253 e. The Morgan fingerprint density at radius 1 is 1.26 bits per heavy atom. The van der Waals surface area contributed by atoms with Crippen LogP contribution in [0.3, 0.4) is 0 Å². The van der Waals surface area contributed by atoms with Crippen LogP contribution in [0.2, 0.25) is 5.02 Å². The summed E-state index contributed by atoms with van der Waals surface area (Å²) >= 11 is 8.92. The highest BCUT2D eigenvalue weighted by atomic mass is 35.5. The molecule has 1 aliphatic rings. The number of sulfonamides is 1. The molecule has 0 saturated carbocycles. The minimum absolute atomic E-state index is 0.229. The van der Waals surface area contributed by atoms with Gasteiger partial charge in [-0.25, -0.2) is 13.4 Å². The van der Waals surface area contributed by atoms with Crippen LogP contribution in [-0.2, 0) is 21.4 Å². The molecule has 0 spiro atoms. The number of amides is 1. The van der Waals surface area contributed by atoms with E-state index in [-0.39, 0.29) is 16.7 Å². The fourth-order valence-corrected chi connectivity index (χ4v) is 8.19. The molecule has 1 unspecified atom stereocenters. The molecule has 7 nitrogen and oxygen atoms in total. The van der Waals surface area contributed by atoms with Gasteiger partial charge in [0.05, 0.1) is 21.8 Å². The zero-order chi connectivity index (χ0) is 23.9. The third-order valence-corrected chi connectivity index (χ3v) is 10.6. The Morgan fingerprint density at radius 3 is 2.82 bits per heavy atom. The Bertz CT molecular complexity index is 1400. The summed E-state index contributed by atoms with van der Waals surface area (Å²) in [6.45, 7) is 2.48. The lowest BCUT2D eigenvalue weighted by atomic mass is 10.2. The van der Waals surface area contributed by atoms with Crippen LogP contribution in [-0.4, -0.2) is 41.2 Å². The van der Waals surface area contributed by atoms with Crippen LogP contribution in [0.5, 0.6) is 0 Å².